The fraction of sp³-hybridized carbons (Fsp3) is 0.969. The fourth-order valence-corrected chi connectivity index (χ4v) is 45.8. The Morgan fingerprint density at radius 3 is 0.845 bits per heavy atom. The summed E-state index contributed by atoms with van der Waals surface area (Å²) in [6, 6.07) is 0. The van der Waals surface area contributed by atoms with Gasteiger partial charge in [-0.15, -0.1) is 6.58 Å². The molecular formula is C131H226O11. The van der Waals surface area contributed by atoms with E-state index in [-0.39, 0.29) is 59.2 Å². The molecule has 5 N–H and O–H groups in total. The molecule has 50 atom stereocenters. The molecule has 816 valence electrons. The van der Waals surface area contributed by atoms with Crippen LogP contribution in [0.15, 0.2) is 12.7 Å². The smallest absolute Gasteiger partial charge is 0.305 e. The first kappa shape index (κ1) is 113. The summed E-state index contributed by atoms with van der Waals surface area (Å²) in [5.74, 6) is 26.5. The van der Waals surface area contributed by atoms with Gasteiger partial charge in [0.2, 0.25) is 0 Å². The third-order valence-corrected chi connectivity index (χ3v) is 53.7. The molecule has 0 heterocycles. The van der Waals surface area contributed by atoms with E-state index in [0.717, 1.165) is 206 Å². The normalized spacial score (nSPS) is 51.1. The van der Waals surface area contributed by atoms with Crippen molar-refractivity contribution in [3.63, 3.8) is 0 Å². The summed E-state index contributed by atoms with van der Waals surface area (Å²) >= 11 is 0. The Morgan fingerprint density at radius 1 is 0.317 bits per heavy atom. The maximum atomic E-state index is 11.7. The van der Waals surface area contributed by atoms with E-state index in [1.54, 1.807) is 0 Å². The first-order valence-corrected chi connectivity index (χ1v) is 62.8. The van der Waals surface area contributed by atoms with Crippen LogP contribution in [0.4, 0.5) is 0 Å². The molecule has 0 aromatic heterocycles. The quantitative estimate of drug-likeness (QED) is 0.0487. The van der Waals surface area contributed by atoms with Crippen LogP contribution in [0.5, 0.6) is 0 Å². The van der Waals surface area contributed by atoms with E-state index in [1.165, 1.54) is 271 Å². The van der Waals surface area contributed by atoms with Gasteiger partial charge in [0.25, 0.3) is 0 Å². The number of ether oxygens (including phenoxy) is 4. The van der Waals surface area contributed by atoms with Crippen molar-refractivity contribution in [3.8, 4) is 0 Å². The van der Waals surface area contributed by atoms with Crippen LogP contribution in [0.2, 0.25) is 0 Å². The van der Waals surface area contributed by atoms with Gasteiger partial charge in [0.15, 0.2) is 0 Å². The average Bonchev–Trinajstić information content (AvgIpc) is 1.08. The van der Waals surface area contributed by atoms with Crippen molar-refractivity contribution in [2.24, 2.45) is 255 Å². The molecule has 0 unspecified atom stereocenters. The molecule has 0 aliphatic heterocycles. The minimum atomic E-state index is -0.246. The van der Waals surface area contributed by atoms with Crippen molar-refractivity contribution in [3.05, 3.63) is 12.7 Å². The van der Waals surface area contributed by atoms with E-state index in [4.69, 9.17) is 18.9 Å². The number of hydrogen-bond acceptors (Lipinski definition) is 11. The van der Waals surface area contributed by atoms with Gasteiger partial charge in [-0.25, -0.2) is 0 Å². The molecule has 142 heavy (non-hydrogen) atoms. The number of carbonyl (C=O) groups is 2. The second-order valence-electron chi connectivity index (χ2n) is 59.4. The van der Waals surface area contributed by atoms with Gasteiger partial charge in [0.05, 0.1) is 70.7 Å². The minimum absolute atomic E-state index is 0.0198. The summed E-state index contributed by atoms with van der Waals surface area (Å²) in [5, 5.41) is 54.4. The lowest BCUT2D eigenvalue weighted by Crippen LogP contribution is -2.59. The molecule has 20 saturated carbocycles. The van der Waals surface area contributed by atoms with Crippen LogP contribution in [-0.4, -0.2) is 108 Å². The predicted molar refractivity (Wildman–Crippen MR) is 583 cm³/mol. The molecule has 0 amide bonds. The molecule has 0 aromatic rings. The van der Waals surface area contributed by atoms with Gasteiger partial charge in [-0.2, -0.15) is 0 Å². The van der Waals surface area contributed by atoms with Crippen molar-refractivity contribution in [2.45, 2.75) is 510 Å². The zero-order valence-electron chi connectivity index (χ0n) is 96.5. The van der Waals surface area contributed by atoms with Crippen molar-refractivity contribution in [1.29, 1.82) is 0 Å². The topological polar surface area (TPSA) is 172 Å². The molecule has 0 saturated heterocycles. The van der Waals surface area contributed by atoms with Crippen molar-refractivity contribution < 1.29 is 54.1 Å². The van der Waals surface area contributed by atoms with Crippen LogP contribution >= 0.6 is 0 Å². The predicted octanol–water partition coefficient (Wildman–Crippen LogP) is 31.7. The van der Waals surface area contributed by atoms with Gasteiger partial charge >= 0.3 is 11.9 Å². The molecule has 20 aliphatic carbocycles. The van der Waals surface area contributed by atoms with Gasteiger partial charge < -0.3 is 44.5 Å². The fourth-order valence-electron chi connectivity index (χ4n) is 45.8. The Hall–Kier alpha value is -1.60. The largest absolute Gasteiger partial charge is 0.469 e. The Kier molecular flexibility index (Phi) is 36.2. The maximum Gasteiger partial charge on any atom is 0.305 e. The van der Waals surface area contributed by atoms with E-state index in [0.29, 0.717) is 123 Å². The van der Waals surface area contributed by atoms with Crippen LogP contribution in [0.1, 0.15) is 473 Å². The van der Waals surface area contributed by atoms with E-state index in [9.17, 15) is 35.1 Å². The molecule has 11 heteroatoms. The van der Waals surface area contributed by atoms with Gasteiger partial charge in [0, 0.05) is 12.8 Å². The number of rotatable bonds is 23. The van der Waals surface area contributed by atoms with Crippen LogP contribution in [-0.2, 0) is 28.5 Å². The van der Waals surface area contributed by atoms with Crippen LogP contribution in [0, 0.1) is 255 Å². The number of esters is 2. The van der Waals surface area contributed by atoms with Gasteiger partial charge in [-0.3, -0.25) is 9.59 Å². The highest BCUT2D eigenvalue weighted by Crippen LogP contribution is 2.77. The van der Waals surface area contributed by atoms with Crippen molar-refractivity contribution in [1.82, 2.24) is 0 Å². The highest BCUT2D eigenvalue weighted by Gasteiger charge is 2.71. The number of hydrogen-bond donors (Lipinski definition) is 5. The molecular weight excluding hydrogens is 1750 g/mol. The molecule has 20 aliphatic rings. The highest BCUT2D eigenvalue weighted by atomic mass is 16.5. The second kappa shape index (κ2) is 45.4. The molecule has 20 fully saturated rings. The Labute approximate surface area is 872 Å². The number of carbonyl (C=O) groups excluding carboxylic acids is 2. The molecule has 0 radical (unpaired) electrons. The second-order valence-corrected chi connectivity index (χ2v) is 59.4. The van der Waals surface area contributed by atoms with Crippen molar-refractivity contribution in [2.75, 3.05) is 34.0 Å². The van der Waals surface area contributed by atoms with Crippen LogP contribution in [0.3, 0.4) is 0 Å². The minimum Gasteiger partial charge on any atom is -0.469 e. The summed E-state index contributed by atoms with van der Waals surface area (Å²) in [7, 11) is 2.94. The van der Waals surface area contributed by atoms with E-state index in [2.05, 4.69) is 159 Å². The lowest BCUT2D eigenvalue weighted by Gasteiger charge is -2.63. The standard InChI is InChI=1S/C28H48O.C27H48O2.C26H44O3.C25H42O4.C25H44O/c1-7-9-20(4)23-12-13-24-22-11-10-21-17-19(3)14-15-27(21,5)25(22)18-26(28(23,24)6)29-16-8-2;1-6-7-19(3)22-10-11-23-21-9-8-20-16-18(2)12-13-26(20,4)24(21)17-25(27(22,23)5)29-15-14-28;1-16-12-13-25(3)18(14-16)7-8-19-21-10-9-20(17(2)6-11-24(28)29-5)26(21,4)23(27)15-22(19)25;1-15(5-10-23(28)29-4)19-8-9-20-18-7-6-16-13-17(26)11-12-24(16,2)21(18)14-22(27)25(19,20)3;1-6-7-17(3)20-10-11-21-19-9-8-18-14-16(2)12-13-24(18,4)22(19)15-23(26)25(20,21)5/h8,19-26H,2,7,9-18H2,1,3-6H3;18-25,28H,6-17H2,1-5H3;16-23,27H,6-15H2,1-5H3;15-22,26-27H,5-14H2,1-4H3;16-23,26H,6-15H2,1-5H3/t19-,20-,21-,22+,23-,24+,25+,26+,27+,28-;18-,19-,20-,21+,22-,23+,24+,25+,26+,27-;16-,17-,18-,19+,20-,21+,22+,23+,25+,26-;15-,16-,17-,18+,19-,20+,21+,22+,24+,25-;16-,17-,18-,19+,20-,21+,22+,23+,24+,25-/m11111/s1. The maximum absolute atomic E-state index is 11.7. The van der Waals surface area contributed by atoms with Crippen LogP contribution in [0.25, 0.3) is 0 Å². The summed E-state index contributed by atoms with van der Waals surface area (Å²) in [6.45, 7) is 60.0. The summed E-state index contributed by atoms with van der Waals surface area (Å²) in [6.07, 6.45) is 66.3. The van der Waals surface area contributed by atoms with E-state index >= 15 is 0 Å². The van der Waals surface area contributed by atoms with Gasteiger partial charge in [-0.1, -0.05) is 223 Å². The first-order valence-electron chi connectivity index (χ1n) is 62.8. The SMILES string of the molecule is C=CCO[C@H]1C[C@H]2[C@@H](CC[C@@H]3C[C@H](C)CC[C@@]32C)[C@@H]2CC[C@H]([C@H](C)CCC)[C@@]12C.CCC[C@@H](C)[C@H]1CC[C@H]2[C@@H]3CC[C@@H]4C[C@H](C)CC[C@]4(C)[C@H]3C[C@H](O)[C@]12C.CCC[C@@H](C)[C@H]1CC[C@H]2[C@@H]3CC[C@@H]4C[C@H](C)CC[C@]4(C)[C@H]3C[C@H](OCCO)[C@]12C.COC(=O)CC[C@@H](C)[C@H]1CC[C@H]2[C@@H]3CC[C@@H]4C[C@H](C)CC[C@]4(C)[C@H]3C[C@H](O)[C@]12C.COC(=O)CC[C@@H](C)[C@H]1CC[C@H]2[C@@H]3CC[C@@H]4C[C@H](O)CC[C@]4(C)[C@H]3C[C@H](O)[C@]12C. The monoisotopic (exact) mass is 1980 g/mol. The Morgan fingerprint density at radius 2 is 0.570 bits per heavy atom. The summed E-state index contributed by atoms with van der Waals surface area (Å²) < 4.78 is 23.0. The zero-order valence-corrected chi connectivity index (χ0v) is 96.5. The number of aliphatic hydroxyl groups excluding tert-OH is 5. The molecule has 0 spiro atoms. The zero-order chi connectivity index (χ0) is 102. The molecule has 11 nitrogen and oxygen atoms in total. The van der Waals surface area contributed by atoms with Gasteiger partial charge in [0.1, 0.15) is 0 Å². The average molecular weight is 1980 g/mol. The summed E-state index contributed by atoms with van der Waals surface area (Å²) in [4.78, 5) is 23.3. The van der Waals surface area contributed by atoms with Crippen LogP contribution < -0.4 is 0 Å². The Bertz CT molecular complexity index is 3960. The number of methoxy groups -OCH3 is 2. The third kappa shape index (κ3) is 20.2. The third-order valence-electron chi connectivity index (χ3n) is 53.7. The molecule has 0 bridgehead atoms. The molecule has 0 aromatic carbocycles. The van der Waals surface area contributed by atoms with E-state index in [1.807, 2.05) is 6.08 Å². The molecule has 20 rings (SSSR count). The lowest BCUT2D eigenvalue weighted by molar-refractivity contribution is -0.189. The number of fused-ring (bicyclic) bond motifs is 25. The highest BCUT2D eigenvalue weighted by molar-refractivity contribution is 5.69. The first-order chi connectivity index (χ1) is 67.5. The number of aliphatic hydroxyl groups is 5. The Balaban J connectivity index is 0.000000128. The lowest BCUT2D eigenvalue weighted by atomic mass is 9.43. The summed E-state index contributed by atoms with van der Waals surface area (Å²) in [5.41, 5.74) is 3.26. The van der Waals surface area contributed by atoms with Gasteiger partial charge in [-0.05, 0) is 499 Å². The van der Waals surface area contributed by atoms with Crippen molar-refractivity contribution >= 4 is 11.9 Å². The van der Waals surface area contributed by atoms with E-state index < -0.39 is 0 Å².